The van der Waals surface area contributed by atoms with Gasteiger partial charge in [-0.25, -0.2) is 9.78 Å². The number of carboxylic acid groups (broad SMARTS) is 1. The summed E-state index contributed by atoms with van der Waals surface area (Å²) in [5.41, 5.74) is 5.72. The molecule has 7 heteroatoms. The van der Waals surface area contributed by atoms with Gasteiger partial charge in [0.1, 0.15) is 5.82 Å². The van der Waals surface area contributed by atoms with Crippen molar-refractivity contribution in [2.45, 2.75) is 82.3 Å². The minimum atomic E-state index is -1.01. The molecule has 3 fully saturated rings. The Morgan fingerprint density at radius 2 is 1.55 bits per heavy atom. The van der Waals surface area contributed by atoms with E-state index < -0.39 is 5.97 Å². The van der Waals surface area contributed by atoms with E-state index in [-0.39, 0.29) is 16.9 Å². The monoisotopic (exact) mass is 590 g/mol. The molecule has 3 atom stereocenters. The molecule has 0 spiro atoms. The van der Waals surface area contributed by atoms with E-state index in [1.165, 1.54) is 54.5 Å². The van der Waals surface area contributed by atoms with E-state index >= 15 is 0 Å². The number of likely N-dealkylation sites (tertiary alicyclic amines) is 1. The highest BCUT2D eigenvalue weighted by Crippen LogP contribution is 2.45. The van der Waals surface area contributed by atoms with Crippen molar-refractivity contribution in [1.29, 1.82) is 0 Å². The molecule has 4 aromatic rings. The Morgan fingerprint density at radius 1 is 0.864 bits per heavy atom. The minimum absolute atomic E-state index is 0.0124. The number of piperidine rings is 2. The van der Waals surface area contributed by atoms with Crippen LogP contribution >= 0.6 is 0 Å². The molecule has 3 aliphatic heterocycles. The van der Waals surface area contributed by atoms with Crippen molar-refractivity contribution in [3.8, 4) is 0 Å². The van der Waals surface area contributed by atoms with Gasteiger partial charge < -0.3 is 14.6 Å². The number of fused-ring (bicyclic) bond motifs is 3. The lowest BCUT2D eigenvalue weighted by molar-refractivity contribution is 0.0606. The zero-order chi connectivity index (χ0) is 30.4. The van der Waals surface area contributed by atoms with Gasteiger partial charge in [-0.1, -0.05) is 42.5 Å². The summed E-state index contributed by atoms with van der Waals surface area (Å²) in [4.78, 5) is 34.5. The number of carboxylic acids is 1. The van der Waals surface area contributed by atoms with Crippen molar-refractivity contribution in [2.24, 2.45) is 0 Å². The molecule has 1 aromatic heterocycles. The SMILES string of the molecule is Cc1ccccc1C1(CCN2[C@@H]3CC[C@H]2C[C@@H](n2c(C)nc4ccccc42)C3)CCN(C(=O)c2cccc(C(=O)O)c2)CC1. The van der Waals surface area contributed by atoms with Crippen molar-refractivity contribution < 1.29 is 14.7 Å². The van der Waals surface area contributed by atoms with Crippen LogP contribution in [0.15, 0.2) is 72.8 Å². The number of aromatic carboxylic acids is 1. The number of rotatable bonds is 7. The normalized spacial score (nSPS) is 23.2. The first-order valence-corrected chi connectivity index (χ1v) is 16.2. The number of carbonyl (C=O) groups excluding carboxylic acids is 1. The Hall–Kier alpha value is -3.97. The zero-order valence-electron chi connectivity index (χ0n) is 25.8. The van der Waals surface area contributed by atoms with E-state index in [9.17, 15) is 14.7 Å². The summed E-state index contributed by atoms with van der Waals surface area (Å²) in [6.45, 7) is 6.80. The lowest BCUT2D eigenvalue weighted by atomic mass is 9.68. The minimum Gasteiger partial charge on any atom is -0.478 e. The Morgan fingerprint density at radius 3 is 2.27 bits per heavy atom. The van der Waals surface area contributed by atoms with Gasteiger partial charge in [0, 0.05) is 42.2 Å². The lowest BCUT2D eigenvalue weighted by Crippen LogP contribution is -2.49. The number of para-hydroxylation sites is 2. The van der Waals surface area contributed by atoms with Gasteiger partial charge >= 0.3 is 5.97 Å². The van der Waals surface area contributed by atoms with Crippen LogP contribution in [0.25, 0.3) is 11.0 Å². The van der Waals surface area contributed by atoms with Gasteiger partial charge in [-0.2, -0.15) is 0 Å². The first-order valence-electron chi connectivity index (χ1n) is 16.2. The summed E-state index contributed by atoms with van der Waals surface area (Å²) in [5, 5.41) is 9.41. The highest BCUT2D eigenvalue weighted by molar-refractivity contribution is 5.97. The van der Waals surface area contributed by atoms with Gasteiger partial charge in [0.05, 0.1) is 16.6 Å². The molecule has 0 radical (unpaired) electrons. The highest BCUT2D eigenvalue weighted by atomic mass is 16.4. The first kappa shape index (κ1) is 28.8. The molecule has 0 saturated carbocycles. The number of nitrogens with zero attached hydrogens (tertiary/aromatic N) is 4. The average Bonchev–Trinajstić information content (AvgIpc) is 3.50. The Labute approximate surface area is 259 Å². The van der Waals surface area contributed by atoms with Crippen molar-refractivity contribution in [3.05, 3.63) is 101 Å². The molecule has 228 valence electrons. The van der Waals surface area contributed by atoms with Crippen LogP contribution in [-0.4, -0.2) is 68.1 Å². The number of aryl methyl sites for hydroxylation is 2. The fourth-order valence-corrected chi connectivity index (χ4v) is 8.72. The van der Waals surface area contributed by atoms with Gasteiger partial charge in [0.25, 0.3) is 5.91 Å². The molecule has 7 nitrogen and oxygen atoms in total. The number of carbonyl (C=O) groups is 2. The van der Waals surface area contributed by atoms with Crippen molar-refractivity contribution >= 4 is 22.9 Å². The molecule has 3 aliphatic rings. The number of benzene rings is 3. The van der Waals surface area contributed by atoms with Crippen molar-refractivity contribution in [1.82, 2.24) is 19.4 Å². The highest BCUT2D eigenvalue weighted by Gasteiger charge is 2.44. The van der Waals surface area contributed by atoms with Crippen LogP contribution in [0.4, 0.5) is 0 Å². The van der Waals surface area contributed by atoms with Gasteiger partial charge in [-0.15, -0.1) is 0 Å². The third kappa shape index (κ3) is 5.11. The number of aromatic nitrogens is 2. The maximum absolute atomic E-state index is 13.4. The van der Waals surface area contributed by atoms with Crippen molar-refractivity contribution in [2.75, 3.05) is 19.6 Å². The van der Waals surface area contributed by atoms with Crippen LogP contribution in [0, 0.1) is 13.8 Å². The molecule has 0 aliphatic carbocycles. The predicted molar refractivity (Wildman–Crippen MR) is 172 cm³/mol. The third-order valence-corrected chi connectivity index (χ3v) is 10.9. The standard InChI is InChI=1S/C37H42N4O3/c1-25-8-3-4-11-32(25)37(16-19-39(20-17-37)35(42)27-9-7-10-28(22-27)36(43)44)18-21-40-29-14-15-30(40)24-31(23-29)41-26(2)38-33-12-5-6-13-34(33)41/h3-13,22,29-31H,14-21,23-24H2,1-2H3,(H,43,44)/t29-,30+,31+. The van der Waals surface area contributed by atoms with E-state index in [0.29, 0.717) is 36.8 Å². The van der Waals surface area contributed by atoms with Gasteiger partial charge in [0.2, 0.25) is 0 Å². The molecule has 1 N–H and O–H groups in total. The van der Waals surface area contributed by atoms with Crippen LogP contribution < -0.4 is 0 Å². The molecule has 3 saturated heterocycles. The van der Waals surface area contributed by atoms with Gasteiger partial charge in [-0.3, -0.25) is 9.69 Å². The molecule has 3 aromatic carbocycles. The van der Waals surface area contributed by atoms with Crippen LogP contribution in [0.2, 0.25) is 0 Å². The summed E-state index contributed by atoms with van der Waals surface area (Å²) >= 11 is 0. The van der Waals surface area contributed by atoms with E-state index in [4.69, 9.17) is 4.98 Å². The zero-order valence-corrected chi connectivity index (χ0v) is 25.8. The maximum Gasteiger partial charge on any atom is 0.335 e. The maximum atomic E-state index is 13.4. The largest absolute Gasteiger partial charge is 0.478 e. The molecule has 7 rings (SSSR count). The van der Waals surface area contributed by atoms with Crippen LogP contribution in [0.3, 0.4) is 0 Å². The summed E-state index contributed by atoms with van der Waals surface area (Å²) in [6.07, 6.45) is 7.78. The Bertz CT molecular complexity index is 1690. The second-order valence-electron chi connectivity index (χ2n) is 13.3. The first-order chi connectivity index (χ1) is 21.3. The molecular formula is C37H42N4O3. The summed E-state index contributed by atoms with van der Waals surface area (Å²) in [5.74, 6) is 0.0378. The Kier molecular flexibility index (Phi) is 7.53. The van der Waals surface area contributed by atoms with E-state index in [1.807, 2.05) is 4.90 Å². The van der Waals surface area contributed by atoms with Crippen LogP contribution in [0.1, 0.15) is 88.7 Å². The average molecular weight is 591 g/mol. The topological polar surface area (TPSA) is 78.7 Å². The number of hydrogen-bond acceptors (Lipinski definition) is 4. The molecule has 0 unspecified atom stereocenters. The Balaban J connectivity index is 1.08. The van der Waals surface area contributed by atoms with Gasteiger partial charge in [0.15, 0.2) is 0 Å². The number of hydrogen-bond donors (Lipinski definition) is 1. The second-order valence-corrected chi connectivity index (χ2v) is 13.3. The van der Waals surface area contributed by atoms with E-state index in [1.54, 1.807) is 12.1 Å². The summed E-state index contributed by atoms with van der Waals surface area (Å²) in [6, 6.07) is 25.5. The molecular weight excluding hydrogens is 548 g/mol. The fourth-order valence-electron chi connectivity index (χ4n) is 8.72. The summed E-state index contributed by atoms with van der Waals surface area (Å²) in [7, 11) is 0. The third-order valence-electron chi connectivity index (χ3n) is 10.9. The lowest BCUT2D eigenvalue weighted by Gasteiger charge is -2.46. The smallest absolute Gasteiger partial charge is 0.335 e. The van der Waals surface area contributed by atoms with Crippen molar-refractivity contribution in [3.63, 3.8) is 0 Å². The fraction of sp³-hybridized carbons (Fsp3) is 0.432. The molecule has 2 bridgehead atoms. The number of amides is 1. The summed E-state index contributed by atoms with van der Waals surface area (Å²) < 4.78 is 2.51. The van der Waals surface area contributed by atoms with Gasteiger partial charge in [-0.05, 0) is 107 Å². The molecule has 4 heterocycles. The quantitative estimate of drug-likeness (QED) is 0.257. The van der Waals surface area contributed by atoms with E-state index in [0.717, 1.165) is 37.1 Å². The van der Waals surface area contributed by atoms with Crippen LogP contribution in [0.5, 0.6) is 0 Å². The van der Waals surface area contributed by atoms with E-state index in [2.05, 4.69) is 71.8 Å². The number of imidazole rings is 1. The second kappa shape index (κ2) is 11.5. The van der Waals surface area contributed by atoms with Crippen LogP contribution in [-0.2, 0) is 5.41 Å². The predicted octanol–water partition coefficient (Wildman–Crippen LogP) is 6.78. The molecule has 1 amide bonds. The molecule has 44 heavy (non-hydrogen) atoms.